The van der Waals surface area contributed by atoms with Crippen molar-refractivity contribution in [3.63, 3.8) is 0 Å². The maximum atomic E-state index is 9.82. The second kappa shape index (κ2) is 7.65. The zero-order chi connectivity index (χ0) is 19.7. The Hall–Kier alpha value is -0.463. The standard InChI is InChI=1S/C18H34O6Si/c1-11-13(24-25(9,10)16(2,3)4)15-14(12-19)22-17(5,20-7)18(6,21-8)23-15/h1,13-15,19H,12H2,2-10H3/t13-,14-,15-,17+,18+/m0/s1. The fraction of sp³-hybridized carbons (Fsp3) is 0.889. The molecule has 1 aliphatic heterocycles. The molecule has 1 aliphatic rings. The number of hydrogen-bond acceptors (Lipinski definition) is 6. The lowest BCUT2D eigenvalue weighted by molar-refractivity contribution is -0.453. The van der Waals surface area contributed by atoms with Crippen LogP contribution in [0, 0.1) is 12.3 Å². The summed E-state index contributed by atoms with van der Waals surface area (Å²) in [7, 11) is 0.863. The largest absolute Gasteiger partial charge is 0.401 e. The third kappa shape index (κ3) is 4.27. The molecule has 1 N–H and O–H groups in total. The number of terminal acetylenes is 1. The highest BCUT2D eigenvalue weighted by atomic mass is 28.4. The Balaban J connectivity index is 3.18. The molecule has 25 heavy (non-hydrogen) atoms. The summed E-state index contributed by atoms with van der Waals surface area (Å²) in [4.78, 5) is 0. The summed E-state index contributed by atoms with van der Waals surface area (Å²) in [6.45, 7) is 13.8. The van der Waals surface area contributed by atoms with Gasteiger partial charge in [0.15, 0.2) is 8.32 Å². The highest BCUT2D eigenvalue weighted by Gasteiger charge is 2.58. The summed E-state index contributed by atoms with van der Waals surface area (Å²) in [6, 6.07) is 0. The van der Waals surface area contributed by atoms with Crippen molar-refractivity contribution < 1.29 is 28.5 Å². The topological polar surface area (TPSA) is 66.4 Å². The zero-order valence-corrected chi connectivity index (χ0v) is 18.0. The Bertz CT molecular complexity index is 497. The van der Waals surface area contributed by atoms with Crippen molar-refractivity contribution in [1.29, 1.82) is 0 Å². The molecule has 1 heterocycles. The maximum Gasteiger partial charge on any atom is 0.220 e. The number of hydrogen-bond donors (Lipinski definition) is 1. The van der Waals surface area contributed by atoms with Crippen molar-refractivity contribution in [1.82, 2.24) is 0 Å². The van der Waals surface area contributed by atoms with Crippen molar-refractivity contribution in [3.05, 3.63) is 0 Å². The Kier molecular flexibility index (Phi) is 6.91. The summed E-state index contributed by atoms with van der Waals surface area (Å²) in [5.41, 5.74) is 0. The molecule has 0 aliphatic carbocycles. The van der Waals surface area contributed by atoms with E-state index in [1.54, 1.807) is 13.8 Å². The molecule has 1 fully saturated rings. The number of methoxy groups -OCH3 is 2. The van der Waals surface area contributed by atoms with Crippen LogP contribution in [0.25, 0.3) is 0 Å². The summed E-state index contributed by atoms with van der Waals surface area (Å²) >= 11 is 0. The predicted octanol–water partition coefficient (Wildman–Crippen LogP) is 2.51. The molecule has 0 aromatic carbocycles. The van der Waals surface area contributed by atoms with E-state index >= 15 is 0 Å². The van der Waals surface area contributed by atoms with Crippen molar-refractivity contribution in [2.24, 2.45) is 0 Å². The minimum atomic E-state index is -2.15. The van der Waals surface area contributed by atoms with Crippen LogP contribution in [0.3, 0.4) is 0 Å². The lowest BCUT2D eigenvalue weighted by Crippen LogP contribution is -2.68. The third-order valence-corrected chi connectivity index (χ3v) is 10.0. The molecular formula is C18H34O6Si. The Morgan fingerprint density at radius 1 is 1.16 bits per heavy atom. The van der Waals surface area contributed by atoms with Gasteiger partial charge in [-0.15, -0.1) is 6.42 Å². The first-order chi connectivity index (χ1) is 11.3. The van der Waals surface area contributed by atoms with Gasteiger partial charge in [-0.2, -0.15) is 0 Å². The smallest absolute Gasteiger partial charge is 0.220 e. The van der Waals surface area contributed by atoms with Crippen LogP contribution in [0.1, 0.15) is 34.6 Å². The van der Waals surface area contributed by atoms with Gasteiger partial charge in [-0.1, -0.05) is 26.7 Å². The molecule has 7 heteroatoms. The molecule has 0 unspecified atom stereocenters. The first kappa shape index (κ1) is 22.6. The number of ether oxygens (including phenoxy) is 4. The molecule has 146 valence electrons. The molecule has 6 nitrogen and oxygen atoms in total. The SMILES string of the molecule is C#C[C@H](O[Si](C)(C)C(C)(C)C)[C@@H]1O[C@@](C)(OC)[C@](C)(OC)O[C@H]1CO. The van der Waals surface area contributed by atoms with E-state index < -0.39 is 38.2 Å². The van der Waals surface area contributed by atoms with Gasteiger partial charge in [-0.25, -0.2) is 0 Å². The Morgan fingerprint density at radius 3 is 2.00 bits per heavy atom. The minimum absolute atomic E-state index is 0.0159. The number of rotatable bonds is 6. The fourth-order valence-electron chi connectivity index (χ4n) is 2.46. The highest BCUT2D eigenvalue weighted by molar-refractivity contribution is 6.74. The first-order valence-corrected chi connectivity index (χ1v) is 11.4. The van der Waals surface area contributed by atoms with Gasteiger partial charge in [-0.05, 0) is 32.0 Å². The van der Waals surface area contributed by atoms with Crippen molar-refractivity contribution in [2.45, 2.75) is 82.6 Å². The first-order valence-electron chi connectivity index (χ1n) is 8.51. The normalized spacial score (nSPS) is 35.2. The van der Waals surface area contributed by atoms with Crippen LogP contribution in [0.15, 0.2) is 0 Å². The zero-order valence-electron chi connectivity index (χ0n) is 17.0. The van der Waals surface area contributed by atoms with E-state index in [4.69, 9.17) is 29.8 Å². The van der Waals surface area contributed by atoms with Crippen LogP contribution >= 0.6 is 0 Å². The summed E-state index contributed by atoms with van der Waals surface area (Å²) in [5.74, 6) is 0.274. The van der Waals surface area contributed by atoms with Crippen LogP contribution in [0.5, 0.6) is 0 Å². The van der Waals surface area contributed by atoms with Gasteiger partial charge < -0.3 is 28.5 Å². The molecule has 5 atom stereocenters. The molecule has 0 aromatic heterocycles. The summed E-state index contributed by atoms with van der Waals surface area (Å²) < 4.78 is 29.5. The third-order valence-electron chi connectivity index (χ3n) is 5.58. The van der Waals surface area contributed by atoms with Crippen molar-refractivity contribution >= 4 is 8.32 Å². The summed E-state index contributed by atoms with van der Waals surface area (Å²) in [5, 5.41) is 9.80. The van der Waals surface area contributed by atoms with Gasteiger partial charge in [0.25, 0.3) is 0 Å². The highest BCUT2D eigenvalue weighted by Crippen LogP contribution is 2.42. The quantitative estimate of drug-likeness (QED) is 0.569. The number of aliphatic hydroxyl groups is 1. The second-order valence-electron chi connectivity index (χ2n) is 8.19. The van der Waals surface area contributed by atoms with Crippen LogP contribution in [-0.4, -0.2) is 64.1 Å². The second-order valence-corrected chi connectivity index (χ2v) is 12.9. The van der Waals surface area contributed by atoms with Crippen LogP contribution in [0.2, 0.25) is 18.1 Å². The molecular weight excluding hydrogens is 340 g/mol. The molecule has 0 bridgehead atoms. The van der Waals surface area contributed by atoms with Gasteiger partial charge in [-0.3, -0.25) is 0 Å². The van der Waals surface area contributed by atoms with Gasteiger partial charge >= 0.3 is 0 Å². The van der Waals surface area contributed by atoms with Gasteiger partial charge in [0.05, 0.1) is 6.61 Å². The average molecular weight is 375 g/mol. The van der Waals surface area contributed by atoms with Gasteiger partial charge in [0.1, 0.15) is 18.3 Å². The number of aliphatic hydroxyl groups excluding tert-OH is 1. The average Bonchev–Trinajstić information content (AvgIpc) is 2.53. The maximum absolute atomic E-state index is 9.82. The van der Waals surface area contributed by atoms with Crippen LogP contribution in [0.4, 0.5) is 0 Å². The predicted molar refractivity (Wildman–Crippen MR) is 98.6 cm³/mol. The minimum Gasteiger partial charge on any atom is -0.401 e. The molecule has 0 radical (unpaired) electrons. The molecule has 0 amide bonds. The molecule has 0 spiro atoms. The van der Waals surface area contributed by atoms with Crippen molar-refractivity contribution in [2.75, 3.05) is 20.8 Å². The van der Waals surface area contributed by atoms with Crippen molar-refractivity contribution in [3.8, 4) is 12.3 Å². The lowest BCUT2D eigenvalue weighted by atomic mass is 10.0. The summed E-state index contributed by atoms with van der Waals surface area (Å²) in [6.07, 6.45) is 3.71. The van der Waals surface area contributed by atoms with E-state index in [1.165, 1.54) is 14.2 Å². The lowest BCUT2D eigenvalue weighted by Gasteiger charge is -2.53. The molecule has 0 saturated carbocycles. The van der Waals surface area contributed by atoms with Crippen LogP contribution < -0.4 is 0 Å². The van der Waals surface area contributed by atoms with E-state index in [0.717, 1.165) is 0 Å². The van der Waals surface area contributed by atoms with E-state index in [9.17, 15) is 5.11 Å². The van der Waals surface area contributed by atoms with E-state index in [0.29, 0.717) is 0 Å². The fourth-order valence-corrected chi connectivity index (χ4v) is 3.65. The van der Waals surface area contributed by atoms with E-state index in [1.807, 2.05) is 0 Å². The Morgan fingerprint density at radius 2 is 1.64 bits per heavy atom. The van der Waals surface area contributed by atoms with Gasteiger partial charge in [0, 0.05) is 14.2 Å². The molecule has 1 rings (SSSR count). The Labute approximate surface area is 153 Å². The van der Waals surface area contributed by atoms with Crippen LogP contribution in [-0.2, 0) is 23.4 Å². The van der Waals surface area contributed by atoms with Gasteiger partial charge in [0.2, 0.25) is 11.6 Å². The monoisotopic (exact) mass is 374 g/mol. The van der Waals surface area contributed by atoms with E-state index in [-0.39, 0.29) is 11.6 Å². The molecule has 1 saturated heterocycles. The molecule has 0 aromatic rings. The van der Waals surface area contributed by atoms with E-state index in [2.05, 4.69) is 39.8 Å².